The van der Waals surface area contributed by atoms with Gasteiger partial charge in [-0.3, -0.25) is 19.4 Å². The number of fused-ring (bicyclic) bond motifs is 2. The molecular formula is C24H28N4O2S. The molecule has 1 aromatic carbocycles. The first kappa shape index (κ1) is 20.5. The lowest BCUT2D eigenvalue weighted by Gasteiger charge is -2.41. The van der Waals surface area contributed by atoms with Crippen molar-refractivity contribution in [2.24, 2.45) is 0 Å². The minimum absolute atomic E-state index is 0.0100. The number of hydrogen-bond acceptors (Lipinski definition) is 5. The van der Waals surface area contributed by atoms with Crippen LogP contribution in [0.2, 0.25) is 0 Å². The van der Waals surface area contributed by atoms with Gasteiger partial charge in [-0.15, -0.1) is 0 Å². The third-order valence-electron chi connectivity index (χ3n) is 6.66. The highest BCUT2D eigenvalue weighted by Crippen LogP contribution is 2.39. The number of benzene rings is 1. The van der Waals surface area contributed by atoms with Crippen molar-refractivity contribution in [2.45, 2.75) is 48.1 Å². The molecule has 0 N–H and O–H groups in total. The lowest BCUT2D eigenvalue weighted by molar-refractivity contribution is -0.131. The van der Waals surface area contributed by atoms with Crippen molar-refractivity contribution in [1.29, 1.82) is 0 Å². The van der Waals surface area contributed by atoms with E-state index in [1.165, 1.54) is 43.9 Å². The molecule has 0 radical (unpaired) electrons. The summed E-state index contributed by atoms with van der Waals surface area (Å²) in [7, 11) is 0. The Morgan fingerprint density at radius 2 is 1.77 bits per heavy atom. The maximum Gasteiger partial charge on any atom is 0.259 e. The van der Waals surface area contributed by atoms with Crippen LogP contribution < -0.4 is 4.90 Å². The van der Waals surface area contributed by atoms with Crippen molar-refractivity contribution in [3.8, 4) is 0 Å². The van der Waals surface area contributed by atoms with Crippen LogP contribution in [0.25, 0.3) is 0 Å². The van der Waals surface area contributed by atoms with Gasteiger partial charge in [-0.1, -0.05) is 43.2 Å². The van der Waals surface area contributed by atoms with Crippen molar-refractivity contribution < 1.29 is 9.59 Å². The van der Waals surface area contributed by atoms with Crippen LogP contribution in [0, 0.1) is 0 Å². The minimum atomic E-state index is -0.135. The summed E-state index contributed by atoms with van der Waals surface area (Å²) < 4.78 is 0. The Balaban J connectivity index is 1.31. The van der Waals surface area contributed by atoms with E-state index in [4.69, 9.17) is 0 Å². The fraction of sp³-hybridized carbons (Fsp3) is 0.458. The number of hydrogen-bond donors (Lipinski definition) is 0. The number of anilines is 1. The summed E-state index contributed by atoms with van der Waals surface area (Å²) in [5, 5.41) is 0.760. The van der Waals surface area contributed by atoms with E-state index in [-0.39, 0.29) is 18.4 Å². The molecule has 2 aliphatic heterocycles. The van der Waals surface area contributed by atoms with Crippen molar-refractivity contribution in [1.82, 2.24) is 14.8 Å². The van der Waals surface area contributed by atoms with Crippen LogP contribution >= 0.6 is 11.8 Å². The van der Waals surface area contributed by atoms with Gasteiger partial charge in [0.1, 0.15) is 11.6 Å². The number of carbonyl (C=O) groups excluding carboxylic acids is 2. The Bertz CT molecular complexity index is 968. The summed E-state index contributed by atoms with van der Waals surface area (Å²) in [5.74, 6) is -0.125. The van der Waals surface area contributed by atoms with Crippen LogP contribution in [-0.2, 0) is 4.79 Å². The molecule has 2 fully saturated rings. The summed E-state index contributed by atoms with van der Waals surface area (Å²) >= 11 is 1.48. The Kier molecular flexibility index (Phi) is 5.96. The van der Waals surface area contributed by atoms with Crippen LogP contribution in [-0.4, -0.2) is 65.4 Å². The highest BCUT2D eigenvalue weighted by Gasteiger charge is 2.32. The zero-order valence-corrected chi connectivity index (χ0v) is 18.5. The van der Waals surface area contributed by atoms with Gasteiger partial charge in [0, 0.05) is 43.3 Å². The molecular weight excluding hydrogens is 408 g/mol. The lowest BCUT2D eigenvalue weighted by atomic mass is 9.94. The molecule has 0 bridgehead atoms. The van der Waals surface area contributed by atoms with Gasteiger partial charge >= 0.3 is 0 Å². The molecule has 31 heavy (non-hydrogen) atoms. The molecule has 6 nitrogen and oxygen atoms in total. The molecule has 0 spiro atoms. The van der Waals surface area contributed by atoms with Crippen LogP contribution in [0.5, 0.6) is 0 Å². The number of aromatic nitrogens is 1. The maximum atomic E-state index is 13.4. The SMILES string of the molecule is O=C(CN1C(=O)c2ccccc2Sc2ncccc21)N1CCN(C2CCCCC2)CC1. The van der Waals surface area contributed by atoms with E-state index < -0.39 is 0 Å². The monoisotopic (exact) mass is 436 g/mol. The minimum Gasteiger partial charge on any atom is -0.339 e. The first-order valence-electron chi connectivity index (χ1n) is 11.3. The first-order valence-corrected chi connectivity index (χ1v) is 12.1. The third kappa shape index (κ3) is 4.21. The second-order valence-corrected chi connectivity index (χ2v) is 9.56. The van der Waals surface area contributed by atoms with Gasteiger partial charge in [-0.2, -0.15) is 0 Å². The Labute approximate surface area is 187 Å². The van der Waals surface area contributed by atoms with Gasteiger partial charge in [0.05, 0.1) is 11.3 Å². The van der Waals surface area contributed by atoms with E-state index in [9.17, 15) is 9.59 Å². The molecule has 1 aliphatic carbocycles. The molecule has 1 saturated carbocycles. The van der Waals surface area contributed by atoms with E-state index in [0.29, 0.717) is 17.3 Å². The molecule has 3 heterocycles. The third-order valence-corrected chi connectivity index (χ3v) is 7.75. The molecule has 2 amide bonds. The summed E-state index contributed by atoms with van der Waals surface area (Å²) in [4.78, 5) is 38.1. The van der Waals surface area contributed by atoms with Gasteiger partial charge in [0.15, 0.2) is 0 Å². The number of amides is 2. The summed E-state index contributed by atoms with van der Waals surface area (Å²) in [6.07, 6.45) is 8.32. The number of rotatable bonds is 3. The van der Waals surface area contributed by atoms with Gasteiger partial charge in [-0.05, 0) is 37.1 Å². The average molecular weight is 437 g/mol. The molecule has 7 heteroatoms. The number of piperazine rings is 1. The zero-order valence-electron chi connectivity index (χ0n) is 17.7. The predicted octanol–water partition coefficient (Wildman–Crippen LogP) is 3.67. The fourth-order valence-corrected chi connectivity index (χ4v) is 5.95. The standard InChI is InChI=1S/C24H28N4O2S/c29-22(27-15-13-26(14-16-27)18-7-2-1-3-8-18)17-28-20-10-6-12-25-23(20)31-21-11-5-4-9-19(21)24(28)30/h4-6,9-12,18H,1-3,7-8,13-17H2. The lowest BCUT2D eigenvalue weighted by Crippen LogP contribution is -2.54. The second kappa shape index (κ2) is 9.01. The fourth-order valence-electron chi connectivity index (χ4n) is 4.93. The summed E-state index contributed by atoms with van der Waals surface area (Å²) in [5.41, 5.74) is 1.34. The first-order chi connectivity index (χ1) is 15.2. The smallest absolute Gasteiger partial charge is 0.259 e. The van der Waals surface area contributed by atoms with Crippen LogP contribution in [0.1, 0.15) is 42.5 Å². The van der Waals surface area contributed by atoms with Crippen LogP contribution in [0.15, 0.2) is 52.5 Å². The van der Waals surface area contributed by atoms with Gasteiger partial charge < -0.3 is 4.90 Å². The van der Waals surface area contributed by atoms with Crippen molar-refractivity contribution in [3.05, 3.63) is 48.2 Å². The molecule has 0 atom stereocenters. The topological polar surface area (TPSA) is 56.8 Å². The predicted molar refractivity (Wildman–Crippen MR) is 122 cm³/mol. The normalized spacial score (nSPS) is 20.2. The van der Waals surface area contributed by atoms with E-state index in [2.05, 4.69) is 9.88 Å². The second-order valence-electron chi connectivity index (χ2n) is 8.53. The quantitative estimate of drug-likeness (QED) is 0.735. The van der Waals surface area contributed by atoms with Crippen molar-refractivity contribution in [2.75, 3.05) is 37.6 Å². The molecule has 162 valence electrons. The number of pyridine rings is 1. The molecule has 2 aromatic rings. The highest BCUT2D eigenvalue weighted by atomic mass is 32.2. The Hall–Kier alpha value is -2.38. The average Bonchev–Trinajstić information content (AvgIpc) is 2.94. The van der Waals surface area contributed by atoms with Crippen molar-refractivity contribution >= 4 is 29.3 Å². The summed E-state index contributed by atoms with van der Waals surface area (Å²) in [6, 6.07) is 11.9. The van der Waals surface area contributed by atoms with Gasteiger partial charge in [0.25, 0.3) is 5.91 Å². The van der Waals surface area contributed by atoms with Crippen molar-refractivity contribution in [3.63, 3.8) is 0 Å². The Morgan fingerprint density at radius 3 is 2.58 bits per heavy atom. The molecule has 0 unspecified atom stereocenters. The molecule has 3 aliphatic rings. The largest absolute Gasteiger partial charge is 0.339 e. The molecule has 1 aromatic heterocycles. The molecule has 1 saturated heterocycles. The highest BCUT2D eigenvalue weighted by molar-refractivity contribution is 7.99. The summed E-state index contributed by atoms with van der Waals surface area (Å²) in [6.45, 7) is 3.39. The zero-order chi connectivity index (χ0) is 21.2. The number of nitrogens with zero attached hydrogens (tertiary/aromatic N) is 4. The van der Waals surface area contributed by atoms with Gasteiger partial charge in [0.2, 0.25) is 5.91 Å². The van der Waals surface area contributed by atoms with E-state index in [1.807, 2.05) is 41.3 Å². The van der Waals surface area contributed by atoms with Crippen LogP contribution in [0.3, 0.4) is 0 Å². The Morgan fingerprint density at radius 1 is 1.00 bits per heavy atom. The van der Waals surface area contributed by atoms with Crippen LogP contribution in [0.4, 0.5) is 5.69 Å². The number of carbonyl (C=O) groups is 2. The van der Waals surface area contributed by atoms with Gasteiger partial charge in [-0.25, -0.2) is 4.98 Å². The van der Waals surface area contributed by atoms with E-state index in [0.717, 1.165) is 36.1 Å². The maximum absolute atomic E-state index is 13.4. The van der Waals surface area contributed by atoms with E-state index >= 15 is 0 Å². The van der Waals surface area contributed by atoms with E-state index in [1.54, 1.807) is 11.1 Å². The molecule has 5 rings (SSSR count).